The fourth-order valence-electron chi connectivity index (χ4n) is 2.55. The quantitative estimate of drug-likeness (QED) is 0.579. The molecule has 2 N–H and O–H groups in total. The summed E-state index contributed by atoms with van der Waals surface area (Å²) in [6.07, 6.45) is 0.122. The van der Waals surface area contributed by atoms with Gasteiger partial charge in [-0.05, 0) is 30.2 Å². The molecule has 9 heteroatoms. The van der Waals surface area contributed by atoms with Gasteiger partial charge < -0.3 is 14.8 Å². The predicted octanol–water partition coefficient (Wildman–Crippen LogP) is 1.49. The van der Waals surface area contributed by atoms with Crippen LogP contribution in [-0.4, -0.2) is 47.7 Å². The summed E-state index contributed by atoms with van der Waals surface area (Å²) < 4.78 is 51.6. The summed E-state index contributed by atoms with van der Waals surface area (Å²) in [4.78, 5) is 12.2. The monoisotopic (exact) mass is 410 g/mol. The molecule has 1 atom stereocenters. The van der Waals surface area contributed by atoms with Crippen molar-refractivity contribution >= 4 is 15.9 Å². The van der Waals surface area contributed by atoms with Gasteiger partial charge in [-0.15, -0.1) is 0 Å². The molecule has 0 radical (unpaired) electrons. The molecule has 0 aliphatic carbocycles. The van der Waals surface area contributed by atoms with Gasteiger partial charge >= 0.3 is 0 Å². The standard InChI is InChI=1S/C19H23FN2O5S/c1-26-11-10-21-19(23)16(12-14-6-4-3-5-7-14)22-28(24,25)18-13-15(20)8-9-17(18)27-2/h3-9,13,16,22H,10-12H2,1-2H3,(H,21,23). The number of carbonyl (C=O) groups excluding carboxylic acids is 1. The lowest BCUT2D eigenvalue weighted by Crippen LogP contribution is -2.48. The van der Waals surface area contributed by atoms with Gasteiger partial charge in [0.2, 0.25) is 15.9 Å². The van der Waals surface area contributed by atoms with Crippen molar-refractivity contribution in [1.29, 1.82) is 0 Å². The number of methoxy groups -OCH3 is 2. The molecule has 0 aliphatic rings. The first-order valence-corrected chi connectivity index (χ1v) is 10.0. The highest BCUT2D eigenvalue weighted by atomic mass is 32.2. The number of amides is 1. The Hall–Kier alpha value is -2.49. The maximum absolute atomic E-state index is 13.6. The highest BCUT2D eigenvalue weighted by molar-refractivity contribution is 7.89. The van der Waals surface area contributed by atoms with Crippen molar-refractivity contribution in [3.05, 3.63) is 59.9 Å². The fourth-order valence-corrected chi connectivity index (χ4v) is 3.92. The molecule has 1 amide bonds. The van der Waals surface area contributed by atoms with Crippen LogP contribution in [0, 0.1) is 5.82 Å². The van der Waals surface area contributed by atoms with E-state index >= 15 is 0 Å². The Morgan fingerprint density at radius 1 is 1.14 bits per heavy atom. The van der Waals surface area contributed by atoms with Gasteiger partial charge in [-0.1, -0.05) is 30.3 Å². The van der Waals surface area contributed by atoms with Crippen LogP contribution in [0.25, 0.3) is 0 Å². The number of carbonyl (C=O) groups is 1. The summed E-state index contributed by atoms with van der Waals surface area (Å²) in [6, 6.07) is 11.0. The van der Waals surface area contributed by atoms with E-state index in [4.69, 9.17) is 9.47 Å². The van der Waals surface area contributed by atoms with Crippen molar-refractivity contribution in [2.24, 2.45) is 0 Å². The van der Waals surface area contributed by atoms with Gasteiger partial charge in [0.25, 0.3) is 0 Å². The van der Waals surface area contributed by atoms with Crippen molar-refractivity contribution in [1.82, 2.24) is 10.0 Å². The molecule has 2 aromatic rings. The molecule has 0 aromatic heterocycles. The average Bonchev–Trinajstić information content (AvgIpc) is 2.68. The minimum Gasteiger partial charge on any atom is -0.495 e. The molecule has 2 aromatic carbocycles. The molecule has 7 nitrogen and oxygen atoms in total. The van der Waals surface area contributed by atoms with Crippen LogP contribution in [0.3, 0.4) is 0 Å². The van der Waals surface area contributed by atoms with Gasteiger partial charge in [-0.2, -0.15) is 4.72 Å². The molecule has 0 spiro atoms. The third-order valence-corrected chi connectivity index (χ3v) is 5.41. The van der Waals surface area contributed by atoms with E-state index in [1.807, 2.05) is 6.07 Å². The van der Waals surface area contributed by atoms with Crippen LogP contribution in [-0.2, 0) is 26.0 Å². The number of hydrogen-bond donors (Lipinski definition) is 2. The molecule has 0 bridgehead atoms. The lowest BCUT2D eigenvalue weighted by atomic mass is 10.1. The SMILES string of the molecule is COCCNC(=O)C(Cc1ccccc1)NS(=O)(=O)c1cc(F)ccc1OC. The Kier molecular flexibility index (Phi) is 7.91. The average molecular weight is 410 g/mol. The molecule has 28 heavy (non-hydrogen) atoms. The van der Waals surface area contributed by atoms with Crippen molar-refractivity contribution in [3.8, 4) is 5.75 Å². The summed E-state index contributed by atoms with van der Waals surface area (Å²) in [7, 11) is -1.45. The van der Waals surface area contributed by atoms with Crippen molar-refractivity contribution in [3.63, 3.8) is 0 Å². The molecule has 1 unspecified atom stereocenters. The summed E-state index contributed by atoms with van der Waals surface area (Å²) >= 11 is 0. The zero-order chi connectivity index (χ0) is 20.6. The first-order chi connectivity index (χ1) is 13.4. The van der Waals surface area contributed by atoms with Gasteiger partial charge in [0.15, 0.2) is 0 Å². The van der Waals surface area contributed by atoms with Crippen LogP contribution in [0.2, 0.25) is 0 Å². The first-order valence-electron chi connectivity index (χ1n) is 8.54. The molecule has 152 valence electrons. The summed E-state index contributed by atoms with van der Waals surface area (Å²) in [6.45, 7) is 0.514. The first kappa shape index (κ1) is 21.8. The van der Waals surface area contributed by atoms with Crippen LogP contribution in [0.4, 0.5) is 4.39 Å². The minimum absolute atomic E-state index is 0.0212. The van der Waals surface area contributed by atoms with Gasteiger partial charge in [-0.3, -0.25) is 4.79 Å². The van der Waals surface area contributed by atoms with Gasteiger partial charge in [0.05, 0.1) is 13.7 Å². The second-order valence-electron chi connectivity index (χ2n) is 5.94. The van der Waals surface area contributed by atoms with Gasteiger partial charge in [0, 0.05) is 13.7 Å². The molecule has 0 fully saturated rings. The smallest absolute Gasteiger partial charge is 0.245 e. The number of nitrogens with one attached hydrogen (secondary N) is 2. The van der Waals surface area contributed by atoms with E-state index in [0.717, 1.165) is 17.7 Å². The number of ether oxygens (including phenoxy) is 2. The largest absolute Gasteiger partial charge is 0.495 e. The Labute approximate surface area is 163 Å². The van der Waals surface area contributed by atoms with Crippen LogP contribution in [0.15, 0.2) is 53.4 Å². The summed E-state index contributed by atoms with van der Waals surface area (Å²) in [5.74, 6) is -1.27. The van der Waals surface area contributed by atoms with Crippen LogP contribution in [0.5, 0.6) is 5.75 Å². The number of benzene rings is 2. The number of rotatable bonds is 10. The zero-order valence-electron chi connectivity index (χ0n) is 15.6. The highest BCUT2D eigenvalue weighted by Gasteiger charge is 2.28. The number of hydrogen-bond acceptors (Lipinski definition) is 5. The molecule has 0 heterocycles. The maximum Gasteiger partial charge on any atom is 0.245 e. The van der Waals surface area contributed by atoms with E-state index in [9.17, 15) is 17.6 Å². The van der Waals surface area contributed by atoms with Crippen molar-refractivity contribution < 1.29 is 27.1 Å². The van der Waals surface area contributed by atoms with Gasteiger partial charge in [-0.25, -0.2) is 12.8 Å². The molecule has 2 rings (SSSR count). The topological polar surface area (TPSA) is 93.7 Å². The summed E-state index contributed by atoms with van der Waals surface area (Å²) in [5, 5.41) is 2.62. The second-order valence-corrected chi connectivity index (χ2v) is 7.63. The highest BCUT2D eigenvalue weighted by Crippen LogP contribution is 2.24. The normalized spacial score (nSPS) is 12.4. The third kappa shape index (κ3) is 6.01. The zero-order valence-corrected chi connectivity index (χ0v) is 16.5. The van der Waals surface area contributed by atoms with Crippen LogP contribution in [0.1, 0.15) is 5.56 Å². The molecule has 0 aliphatic heterocycles. The fraction of sp³-hybridized carbons (Fsp3) is 0.316. The molecular weight excluding hydrogens is 387 g/mol. The van der Waals surface area contributed by atoms with Gasteiger partial charge in [0.1, 0.15) is 22.5 Å². The second kappa shape index (κ2) is 10.2. The molecule has 0 saturated heterocycles. The lowest BCUT2D eigenvalue weighted by molar-refractivity contribution is -0.122. The Morgan fingerprint density at radius 2 is 1.86 bits per heavy atom. The number of sulfonamides is 1. The lowest BCUT2D eigenvalue weighted by Gasteiger charge is -2.19. The minimum atomic E-state index is -4.23. The summed E-state index contributed by atoms with van der Waals surface area (Å²) in [5.41, 5.74) is 0.767. The van der Waals surface area contributed by atoms with E-state index in [1.165, 1.54) is 20.3 Å². The molecular formula is C19H23FN2O5S. The maximum atomic E-state index is 13.6. The Balaban J connectivity index is 2.29. The van der Waals surface area contributed by atoms with E-state index in [2.05, 4.69) is 10.0 Å². The van der Waals surface area contributed by atoms with E-state index in [-0.39, 0.29) is 30.2 Å². The third-order valence-electron chi connectivity index (χ3n) is 3.92. The van der Waals surface area contributed by atoms with Crippen molar-refractivity contribution in [2.75, 3.05) is 27.4 Å². The predicted molar refractivity (Wildman–Crippen MR) is 102 cm³/mol. The van der Waals surface area contributed by atoms with Crippen LogP contribution >= 0.6 is 0 Å². The van der Waals surface area contributed by atoms with E-state index in [0.29, 0.717) is 0 Å². The van der Waals surface area contributed by atoms with Crippen LogP contribution < -0.4 is 14.8 Å². The number of halogens is 1. The van der Waals surface area contributed by atoms with E-state index in [1.54, 1.807) is 24.3 Å². The van der Waals surface area contributed by atoms with Crippen molar-refractivity contribution in [2.45, 2.75) is 17.4 Å². The van der Waals surface area contributed by atoms with E-state index < -0.39 is 27.8 Å². The molecule has 0 saturated carbocycles. The Bertz CT molecular complexity index is 890. The Morgan fingerprint density at radius 3 is 2.50 bits per heavy atom.